The second-order valence-corrected chi connectivity index (χ2v) is 4.15. The van der Waals surface area contributed by atoms with E-state index in [1.165, 1.54) is 18.6 Å². The lowest BCUT2D eigenvalue weighted by atomic mass is 10.1. The zero-order valence-electron chi connectivity index (χ0n) is 8.44. The van der Waals surface area contributed by atoms with Gasteiger partial charge in [-0.05, 0) is 28.7 Å². The van der Waals surface area contributed by atoms with Crippen LogP contribution in [0.2, 0.25) is 0 Å². The molecular formula is C11H8ClNO2S. The molecule has 0 saturated carbocycles. The SMILES string of the molecule is COc1nsc(-c2ccccc2)c1C(=O)Cl. The van der Waals surface area contributed by atoms with E-state index < -0.39 is 5.24 Å². The van der Waals surface area contributed by atoms with Gasteiger partial charge in [-0.2, -0.15) is 4.37 Å². The summed E-state index contributed by atoms with van der Waals surface area (Å²) in [5, 5.41) is -0.551. The Morgan fingerprint density at radius 2 is 2.06 bits per heavy atom. The minimum absolute atomic E-state index is 0.281. The van der Waals surface area contributed by atoms with Crippen molar-refractivity contribution in [2.45, 2.75) is 0 Å². The number of ether oxygens (including phenoxy) is 1. The molecule has 0 N–H and O–H groups in total. The molecule has 0 amide bonds. The van der Waals surface area contributed by atoms with Crippen LogP contribution in [0.25, 0.3) is 10.4 Å². The highest BCUT2D eigenvalue weighted by Gasteiger charge is 2.20. The van der Waals surface area contributed by atoms with Gasteiger partial charge in [0.05, 0.1) is 12.0 Å². The van der Waals surface area contributed by atoms with E-state index in [0.29, 0.717) is 5.56 Å². The molecule has 3 nitrogen and oxygen atoms in total. The summed E-state index contributed by atoms with van der Waals surface area (Å²) in [5.41, 5.74) is 1.24. The molecule has 0 aliphatic rings. The number of benzene rings is 1. The monoisotopic (exact) mass is 253 g/mol. The first kappa shape index (κ1) is 11.1. The van der Waals surface area contributed by atoms with E-state index in [2.05, 4.69) is 4.37 Å². The third kappa shape index (κ3) is 1.94. The Labute approximate surface area is 102 Å². The molecule has 0 radical (unpaired) electrons. The molecule has 2 aromatic rings. The number of carbonyl (C=O) groups is 1. The van der Waals surface area contributed by atoms with Crippen LogP contribution in [0.5, 0.6) is 5.88 Å². The number of aromatic nitrogens is 1. The normalized spacial score (nSPS) is 10.1. The minimum atomic E-state index is -0.551. The standard InChI is InChI=1S/C11H8ClNO2S/c1-15-11-8(10(12)14)9(16-13-11)7-5-3-2-4-6-7/h2-6H,1H3. The fraction of sp³-hybridized carbons (Fsp3) is 0.0909. The van der Waals surface area contributed by atoms with Gasteiger partial charge in [0.25, 0.3) is 5.24 Å². The van der Waals surface area contributed by atoms with Gasteiger partial charge in [-0.3, -0.25) is 4.79 Å². The van der Waals surface area contributed by atoms with Crippen LogP contribution in [-0.4, -0.2) is 16.7 Å². The van der Waals surface area contributed by atoms with Gasteiger partial charge in [0.15, 0.2) is 0 Å². The van der Waals surface area contributed by atoms with E-state index in [9.17, 15) is 4.79 Å². The van der Waals surface area contributed by atoms with Crippen molar-refractivity contribution in [3.05, 3.63) is 35.9 Å². The predicted octanol–water partition coefficient (Wildman–Crippen LogP) is 3.20. The molecule has 5 heteroatoms. The first-order valence-corrected chi connectivity index (χ1v) is 5.68. The average molecular weight is 254 g/mol. The average Bonchev–Trinajstić information content (AvgIpc) is 2.73. The Morgan fingerprint density at radius 1 is 1.38 bits per heavy atom. The minimum Gasteiger partial charge on any atom is -0.480 e. The van der Waals surface area contributed by atoms with Crippen molar-refractivity contribution >= 4 is 28.4 Å². The van der Waals surface area contributed by atoms with E-state index >= 15 is 0 Å². The third-order valence-electron chi connectivity index (χ3n) is 2.09. The fourth-order valence-corrected chi connectivity index (χ4v) is 2.46. The maximum Gasteiger partial charge on any atom is 0.259 e. The highest BCUT2D eigenvalue weighted by molar-refractivity contribution is 7.10. The van der Waals surface area contributed by atoms with Gasteiger partial charge in [0.1, 0.15) is 5.56 Å². The largest absolute Gasteiger partial charge is 0.480 e. The van der Waals surface area contributed by atoms with Crippen LogP contribution in [0, 0.1) is 0 Å². The van der Waals surface area contributed by atoms with Gasteiger partial charge in [-0.1, -0.05) is 30.3 Å². The molecule has 0 fully saturated rings. The van der Waals surface area contributed by atoms with Crippen LogP contribution < -0.4 is 4.74 Å². The summed E-state index contributed by atoms with van der Waals surface area (Å²) in [5.74, 6) is 0.281. The van der Waals surface area contributed by atoms with Crippen molar-refractivity contribution < 1.29 is 9.53 Å². The van der Waals surface area contributed by atoms with Crippen molar-refractivity contribution in [3.8, 4) is 16.3 Å². The Kier molecular flexibility index (Phi) is 3.22. The molecular weight excluding hydrogens is 246 g/mol. The summed E-state index contributed by atoms with van der Waals surface area (Å²) >= 11 is 6.73. The number of rotatable bonds is 3. The Hall–Kier alpha value is -1.39. The summed E-state index contributed by atoms with van der Waals surface area (Å²) < 4.78 is 9.05. The highest BCUT2D eigenvalue weighted by atomic mass is 35.5. The van der Waals surface area contributed by atoms with Gasteiger partial charge >= 0.3 is 0 Å². The van der Waals surface area contributed by atoms with Crippen molar-refractivity contribution in [1.29, 1.82) is 0 Å². The maximum atomic E-state index is 11.3. The van der Waals surface area contributed by atoms with E-state index in [0.717, 1.165) is 10.4 Å². The van der Waals surface area contributed by atoms with E-state index in [1.54, 1.807) is 0 Å². The molecule has 2 rings (SSSR count). The number of halogens is 1. The molecule has 0 unspecified atom stereocenters. The third-order valence-corrected chi connectivity index (χ3v) is 3.16. The molecule has 16 heavy (non-hydrogen) atoms. The smallest absolute Gasteiger partial charge is 0.259 e. The molecule has 0 aliphatic heterocycles. The molecule has 1 aromatic carbocycles. The van der Waals surface area contributed by atoms with Crippen LogP contribution in [0.15, 0.2) is 30.3 Å². The maximum absolute atomic E-state index is 11.3. The summed E-state index contributed by atoms with van der Waals surface area (Å²) in [6, 6.07) is 9.49. The van der Waals surface area contributed by atoms with Crippen LogP contribution >= 0.6 is 23.1 Å². The molecule has 1 heterocycles. The molecule has 0 bridgehead atoms. The fourth-order valence-electron chi connectivity index (χ4n) is 1.37. The Bertz CT molecular complexity index is 510. The first-order chi connectivity index (χ1) is 7.74. The lowest BCUT2D eigenvalue weighted by molar-refractivity contribution is 0.107. The predicted molar refractivity (Wildman–Crippen MR) is 64.3 cm³/mol. The topological polar surface area (TPSA) is 39.2 Å². The Morgan fingerprint density at radius 3 is 2.62 bits per heavy atom. The van der Waals surface area contributed by atoms with Gasteiger partial charge in [-0.15, -0.1) is 0 Å². The van der Waals surface area contributed by atoms with Gasteiger partial charge < -0.3 is 4.74 Å². The second-order valence-electron chi connectivity index (χ2n) is 3.04. The number of hydrogen-bond donors (Lipinski definition) is 0. The van der Waals surface area contributed by atoms with Crippen molar-refractivity contribution in [2.24, 2.45) is 0 Å². The van der Waals surface area contributed by atoms with Gasteiger partial charge in [0, 0.05) is 0 Å². The summed E-state index contributed by atoms with van der Waals surface area (Å²) in [6.45, 7) is 0. The van der Waals surface area contributed by atoms with Crippen molar-refractivity contribution in [1.82, 2.24) is 4.37 Å². The van der Waals surface area contributed by atoms with Crippen molar-refractivity contribution in [3.63, 3.8) is 0 Å². The molecule has 82 valence electrons. The highest BCUT2D eigenvalue weighted by Crippen LogP contribution is 2.35. The summed E-state index contributed by atoms with van der Waals surface area (Å²) in [6.07, 6.45) is 0. The molecule has 0 aliphatic carbocycles. The Balaban J connectivity index is 2.58. The second kappa shape index (κ2) is 4.63. The molecule has 0 saturated heterocycles. The van der Waals surface area contributed by atoms with E-state index in [1.807, 2.05) is 30.3 Å². The number of carbonyl (C=O) groups excluding carboxylic acids is 1. The van der Waals surface area contributed by atoms with Gasteiger partial charge in [0.2, 0.25) is 5.88 Å². The van der Waals surface area contributed by atoms with Crippen LogP contribution in [-0.2, 0) is 0 Å². The van der Waals surface area contributed by atoms with Crippen LogP contribution in [0.3, 0.4) is 0 Å². The zero-order valence-corrected chi connectivity index (χ0v) is 10.0. The quantitative estimate of drug-likeness (QED) is 0.789. The van der Waals surface area contributed by atoms with E-state index in [4.69, 9.17) is 16.3 Å². The molecule has 0 atom stereocenters. The number of methoxy groups -OCH3 is 1. The number of nitrogens with zero attached hydrogens (tertiary/aromatic N) is 1. The van der Waals surface area contributed by atoms with Crippen molar-refractivity contribution in [2.75, 3.05) is 7.11 Å². The summed E-state index contributed by atoms with van der Waals surface area (Å²) in [7, 11) is 1.47. The zero-order chi connectivity index (χ0) is 11.5. The molecule has 1 aromatic heterocycles. The van der Waals surface area contributed by atoms with E-state index in [-0.39, 0.29) is 5.88 Å². The van der Waals surface area contributed by atoms with Crippen LogP contribution in [0.4, 0.5) is 0 Å². The van der Waals surface area contributed by atoms with Crippen LogP contribution in [0.1, 0.15) is 10.4 Å². The first-order valence-electron chi connectivity index (χ1n) is 4.53. The lowest BCUT2D eigenvalue weighted by Crippen LogP contribution is -1.94. The number of hydrogen-bond acceptors (Lipinski definition) is 4. The van der Waals surface area contributed by atoms with Gasteiger partial charge in [-0.25, -0.2) is 0 Å². The molecule has 0 spiro atoms. The lowest BCUT2D eigenvalue weighted by Gasteiger charge is -2.00. The summed E-state index contributed by atoms with van der Waals surface area (Å²) in [4.78, 5) is 12.1.